The summed E-state index contributed by atoms with van der Waals surface area (Å²) in [6.07, 6.45) is -0.454. The van der Waals surface area contributed by atoms with Gasteiger partial charge in [0.05, 0.1) is 23.2 Å². The number of hydrogen-bond donors (Lipinski definition) is 1. The number of rotatable bonds is 2. The average Bonchev–Trinajstić information content (AvgIpc) is 3.10. The fourth-order valence-corrected chi connectivity index (χ4v) is 5.26. The predicted molar refractivity (Wildman–Crippen MR) is 91.8 cm³/mol. The Hall–Kier alpha value is -1.30. The molecule has 2 aliphatic heterocycles. The van der Waals surface area contributed by atoms with Crippen LogP contribution in [0.25, 0.3) is 15.8 Å². The molecule has 0 saturated carbocycles. The number of benzene rings is 1. The number of thioether (sulfide) groups is 1. The first-order chi connectivity index (χ1) is 10.1. The third kappa shape index (κ3) is 2.03. The molecular weight excluding hydrogens is 300 g/mol. The number of nitrogens with zero attached hydrogens (tertiary/aromatic N) is 2. The fraction of sp³-hybridized carbons (Fsp3) is 0.312. The molecule has 1 atom stereocenters. The van der Waals surface area contributed by atoms with E-state index in [-0.39, 0.29) is 0 Å². The van der Waals surface area contributed by atoms with Crippen molar-refractivity contribution in [1.29, 1.82) is 0 Å². The van der Waals surface area contributed by atoms with Crippen molar-refractivity contribution in [3.05, 3.63) is 39.6 Å². The highest BCUT2D eigenvalue weighted by molar-refractivity contribution is 8.17. The molecule has 3 heterocycles. The summed E-state index contributed by atoms with van der Waals surface area (Å²) in [4.78, 5) is 9.05. The zero-order chi connectivity index (χ0) is 14.6. The zero-order valence-corrected chi connectivity index (χ0v) is 13.6. The van der Waals surface area contributed by atoms with Crippen molar-refractivity contribution in [3.8, 4) is 0 Å². The van der Waals surface area contributed by atoms with Crippen LogP contribution in [0, 0.1) is 6.92 Å². The number of amidine groups is 1. The largest absolute Gasteiger partial charge is 0.388 e. The summed E-state index contributed by atoms with van der Waals surface area (Å²) in [7, 11) is 0. The average molecular weight is 316 g/mol. The molecule has 21 heavy (non-hydrogen) atoms. The summed E-state index contributed by atoms with van der Waals surface area (Å²) in [5.41, 5.74) is 2.47. The number of aliphatic imine (C=N–C) groups is 1. The van der Waals surface area contributed by atoms with Crippen molar-refractivity contribution in [1.82, 2.24) is 4.90 Å². The first kappa shape index (κ1) is 13.4. The van der Waals surface area contributed by atoms with E-state index in [0.29, 0.717) is 0 Å². The number of aliphatic hydroxyl groups is 1. The Morgan fingerprint density at radius 1 is 1.38 bits per heavy atom. The number of thiophene rings is 1. The number of hydrogen-bond acceptors (Lipinski definition) is 5. The van der Waals surface area contributed by atoms with Crippen LogP contribution in [0.2, 0.25) is 0 Å². The normalized spacial score (nSPS) is 19.4. The van der Waals surface area contributed by atoms with Gasteiger partial charge in [0.2, 0.25) is 0 Å². The molecule has 0 amide bonds. The minimum absolute atomic E-state index is 0.454. The summed E-state index contributed by atoms with van der Waals surface area (Å²) in [5, 5.41) is 12.4. The maximum Gasteiger partial charge on any atom is 0.168 e. The van der Waals surface area contributed by atoms with E-state index in [4.69, 9.17) is 0 Å². The second-order valence-corrected chi connectivity index (χ2v) is 7.47. The first-order valence-electron chi connectivity index (χ1n) is 7.07. The topological polar surface area (TPSA) is 35.8 Å². The molecule has 1 N–H and O–H groups in total. The standard InChI is InChI=1S/C16H16N2OS2/c1-9-4-3-5-11-8-12(20-14(9)11)13-15(10(2)19)21-16-17-6-7-18(13)16/h3-5,8,10,19H,6-7H2,1-2H3. The lowest BCUT2D eigenvalue weighted by molar-refractivity contribution is 0.240. The van der Waals surface area contributed by atoms with Gasteiger partial charge in [0.25, 0.3) is 0 Å². The smallest absolute Gasteiger partial charge is 0.168 e. The van der Waals surface area contributed by atoms with Gasteiger partial charge in [-0.15, -0.1) is 11.3 Å². The van der Waals surface area contributed by atoms with Gasteiger partial charge in [-0.25, -0.2) is 0 Å². The maximum absolute atomic E-state index is 10.1. The third-order valence-electron chi connectivity index (χ3n) is 3.86. The van der Waals surface area contributed by atoms with E-state index in [2.05, 4.69) is 41.1 Å². The Balaban J connectivity index is 1.90. The molecule has 0 aliphatic carbocycles. The first-order valence-corrected chi connectivity index (χ1v) is 8.70. The minimum Gasteiger partial charge on any atom is -0.388 e. The highest BCUT2D eigenvalue weighted by Crippen LogP contribution is 2.46. The van der Waals surface area contributed by atoms with Gasteiger partial charge in [-0.1, -0.05) is 30.0 Å². The molecule has 0 radical (unpaired) electrons. The van der Waals surface area contributed by atoms with E-state index < -0.39 is 6.10 Å². The van der Waals surface area contributed by atoms with Crippen LogP contribution < -0.4 is 0 Å². The van der Waals surface area contributed by atoms with Gasteiger partial charge in [0, 0.05) is 16.1 Å². The van der Waals surface area contributed by atoms with Gasteiger partial charge in [-0.2, -0.15) is 0 Å². The van der Waals surface area contributed by atoms with Crippen LogP contribution >= 0.6 is 23.1 Å². The monoisotopic (exact) mass is 316 g/mol. The van der Waals surface area contributed by atoms with Crippen molar-refractivity contribution in [2.45, 2.75) is 20.0 Å². The summed E-state index contributed by atoms with van der Waals surface area (Å²) in [6, 6.07) is 8.65. The highest BCUT2D eigenvalue weighted by atomic mass is 32.2. The second kappa shape index (κ2) is 4.87. The summed E-state index contributed by atoms with van der Waals surface area (Å²) in [5.74, 6) is 0. The Morgan fingerprint density at radius 3 is 3.00 bits per heavy atom. The molecular formula is C16H16N2OS2. The molecule has 0 saturated heterocycles. The molecule has 0 spiro atoms. The van der Waals surface area contributed by atoms with Crippen LogP contribution in [0.4, 0.5) is 0 Å². The molecule has 4 rings (SSSR count). The van der Waals surface area contributed by atoms with Crippen molar-refractivity contribution >= 4 is 44.0 Å². The number of aliphatic hydroxyl groups excluding tert-OH is 1. The van der Waals surface area contributed by atoms with E-state index in [1.54, 1.807) is 11.8 Å². The SMILES string of the molecule is Cc1cccc2cc(C3=C(C(C)O)SC4=NCCN43)sc12. The van der Waals surface area contributed by atoms with Crippen LogP contribution in [-0.4, -0.2) is 34.4 Å². The molecule has 1 unspecified atom stereocenters. The van der Waals surface area contributed by atoms with Crippen molar-refractivity contribution in [2.24, 2.45) is 4.99 Å². The van der Waals surface area contributed by atoms with Gasteiger partial charge < -0.3 is 10.0 Å². The lowest BCUT2D eigenvalue weighted by Gasteiger charge is -2.16. The fourth-order valence-electron chi connectivity index (χ4n) is 2.86. The van der Waals surface area contributed by atoms with Crippen LogP contribution in [0.15, 0.2) is 34.2 Å². The van der Waals surface area contributed by atoms with Crippen molar-refractivity contribution in [3.63, 3.8) is 0 Å². The summed E-state index contributed by atoms with van der Waals surface area (Å²) in [6.45, 7) is 5.76. The number of aryl methyl sites for hydroxylation is 1. The minimum atomic E-state index is -0.454. The Kier molecular flexibility index (Phi) is 3.10. The van der Waals surface area contributed by atoms with Gasteiger partial charge in [-0.3, -0.25) is 4.99 Å². The van der Waals surface area contributed by atoms with Crippen molar-refractivity contribution < 1.29 is 5.11 Å². The van der Waals surface area contributed by atoms with Crippen LogP contribution in [0.5, 0.6) is 0 Å². The van der Waals surface area contributed by atoms with Gasteiger partial charge in [0.15, 0.2) is 5.17 Å². The molecule has 2 aliphatic rings. The molecule has 0 fully saturated rings. The van der Waals surface area contributed by atoms with E-state index in [0.717, 1.165) is 28.9 Å². The van der Waals surface area contributed by atoms with Crippen molar-refractivity contribution in [2.75, 3.05) is 13.1 Å². The molecule has 3 nitrogen and oxygen atoms in total. The van der Waals surface area contributed by atoms with E-state index in [9.17, 15) is 5.11 Å². The van der Waals surface area contributed by atoms with E-state index in [1.165, 1.54) is 20.5 Å². The Morgan fingerprint density at radius 2 is 2.24 bits per heavy atom. The summed E-state index contributed by atoms with van der Waals surface area (Å²) >= 11 is 3.43. The molecule has 5 heteroatoms. The Labute approximate surface area is 132 Å². The lowest BCUT2D eigenvalue weighted by Crippen LogP contribution is -2.19. The van der Waals surface area contributed by atoms with E-state index >= 15 is 0 Å². The van der Waals surface area contributed by atoms with Gasteiger partial charge >= 0.3 is 0 Å². The van der Waals surface area contributed by atoms with Gasteiger partial charge in [0.1, 0.15) is 0 Å². The van der Waals surface area contributed by atoms with Crippen LogP contribution in [0.1, 0.15) is 17.4 Å². The second-order valence-electron chi connectivity index (χ2n) is 5.41. The quantitative estimate of drug-likeness (QED) is 0.918. The Bertz CT molecular complexity index is 789. The highest BCUT2D eigenvalue weighted by Gasteiger charge is 2.35. The molecule has 108 valence electrons. The molecule has 2 aromatic rings. The molecule has 0 bridgehead atoms. The van der Waals surface area contributed by atoms with Crippen LogP contribution in [-0.2, 0) is 0 Å². The zero-order valence-electron chi connectivity index (χ0n) is 12.0. The van der Waals surface area contributed by atoms with Crippen LogP contribution in [0.3, 0.4) is 0 Å². The third-order valence-corrected chi connectivity index (χ3v) is 6.44. The van der Waals surface area contributed by atoms with Gasteiger partial charge in [-0.05, 0) is 30.9 Å². The van der Waals surface area contributed by atoms with E-state index in [1.807, 2.05) is 18.3 Å². The predicted octanol–water partition coefficient (Wildman–Crippen LogP) is 3.68. The molecule has 1 aromatic carbocycles. The summed E-state index contributed by atoms with van der Waals surface area (Å²) < 4.78 is 1.33. The maximum atomic E-state index is 10.1. The lowest BCUT2D eigenvalue weighted by atomic mass is 10.1. The number of fused-ring (bicyclic) bond motifs is 2. The molecule has 1 aromatic heterocycles.